The molecule has 1 amide bonds. The molecule has 1 fully saturated rings. The summed E-state index contributed by atoms with van der Waals surface area (Å²) in [5.41, 5.74) is 0. The molecule has 0 saturated carbocycles. The molecule has 4 nitrogen and oxygen atoms in total. The standard InChI is InChI=1S/C13H20N2O2/c1-10(2)15-6-5-11(9-15)8-14-13(16)12-4-3-7-17-12/h3-4,7,10-11H,5-6,8-9H2,1-2H3,(H,14,16). The normalized spacial score (nSPS) is 21.0. The third-order valence-corrected chi connectivity index (χ3v) is 3.34. The molecule has 4 heteroatoms. The van der Waals surface area contributed by atoms with E-state index in [0.29, 0.717) is 17.7 Å². The summed E-state index contributed by atoms with van der Waals surface area (Å²) in [6, 6.07) is 4.01. The van der Waals surface area contributed by atoms with Crippen LogP contribution in [0, 0.1) is 5.92 Å². The zero-order valence-corrected chi connectivity index (χ0v) is 10.5. The Hall–Kier alpha value is -1.29. The molecule has 1 atom stereocenters. The first kappa shape index (κ1) is 12.2. The summed E-state index contributed by atoms with van der Waals surface area (Å²) in [5.74, 6) is 0.845. The van der Waals surface area contributed by atoms with Gasteiger partial charge >= 0.3 is 0 Å². The predicted octanol–water partition coefficient (Wildman–Crippen LogP) is 1.74. The first-order valence-electron chi connectivity index (χ1n) is 6.22. The zero-order chi connectivity index (χ0) is 12.3. The van der Waals surface area contributed by atoms with E-state index in [1.807, 2.05) is 0 Å². The lowest BCUT2D eigenvalue weighted by Crippen LogP contribution is -2.32. The van der Waals surface area contributed by atoms with Crippen LogP contribution in [0.15, 0.2) is 22.8 Å². The molecule has 0 spiro atoms. The Morgan fingerprint density at radius 1 is 1.65 bits per heavy atom. The fourth-order valence-corrected chi connectivity index (χ4v) is 2.23. The lowest BCUT2D eigenvalue weighted by molar-refractivity contribution is 0.0919. The van der Waals surface area contributed by atoms with Gasteiger partial charge in [-0.25, -0.2) is 0 Å². The van der Waals surface area contributed by atoms with Gasteiger partial charge in [0.1, 0.15) is 0 Å². The Labute approximate surface area is 102 Å². The minimum atomic E-state index is -0.113. The Kier molecular flexibility index (Phi) is 3.84. The Morgan fingerprint density at radius 3 is 3.06 bits per heavy atom. The van der Waals surface area contributed by atoms with Gasteiger partial charge in [0.15, 0.2) is 5.76 Å². The molecule has 1 N–H and O–H groups in total. The van der Waals surface area contributed by atoms with E-state index in [1.54, 1.807) is 12.1 Å². The Bertz CT molecular complexity index is 360. The third-order valence-electron chi connectivity index (χ3n) is 3.34. The van der Waals surface area contributed by atoms with Crippen molar-refractivity contribution in [3.05, 3.63) is 24.2 Å². The highest BCUT2D eigenvalue weighted by Crippen LogP contribution is 2.17. The molecule has 1 unspecified atom stereocenters. The molecule has 0 bridgehead atoms. The monoisotopic (exact) mass is 236 g/mol. The van der Waals surface area contributed by atoms with Crippen molar-refractivity contribution in [3.8, 4) is 0 Å². The summed E-state index contributed by atoms with van der Waals surface area (Å²) < 4.78 is 5.05. The molecule has 1 aromatic heterocycles. The van der Waals surface area contributed by atoms with E-state index in [1.165, 1.54) is 6.26 Å². The molecule has 0 aromatic carbocycles. The predicted molar refractivity (Wildman–Crippen MR) is 65.9 cm³/mol. The number of likely N-dealkylation sites (tertiary alicyclic amines) is 1. The number of carbonyl (C=O) groups excluding carboxylic acids is 1. The number of carbonyl (C=O) groups is 1. The fraction of sp³-hybridized carbons (Fsp3) is 0.615. The maximum absolute atomic E-state index is 11.7. The molecular weight excluding hydrogens is 216 g/mol. The van der Waals surface area contributed by atoms with E-state index >= 15 is 0 Å². The lowest BCUT2D eigenvalue weighted by Gasteiger charge is -2.20. The lowest BCUT2D eigenvalue weighted by atomic mass is 10.1. The number of hydrogen-bond donors (Lipinski definition) is 1. The zero-order valence-electron chi connectivity index (χ0n) is 10.5. The SMILES string of the molecule is CC(C)N1CCC(CNC(=O)c2ccco2)C1. The van der Waals surface area contributed by atoms with Crippen LogP contribution < -0.4 is 5.32 Å². The van der Waals surface area contributed by atoms with Crippen molar-refractivity contribution in [2.24, 2.45) is 5.92 Å². The van der Waals surface area contributed by atoms with Crippen LogP contribution in [-0.2, 0) is 0 Å². The average Bonchev–Trinajstić information content (AvgIpc) is 2.97. The van der Waals surface area contributed by atoms with E-state index in [0.717, 1.165) is 26.1 Å². The average molecular weight is 236 g/mol. The van der Waals surface area contributed by atoms with Gasteiger partial charge in [-0.1, -0.05) is 0 Å². The van der Waals surface area contributed by atoms with Crippen molar-refractivity contribution in [2.75, 3.05) is 19.6 Å². The molecule has 2 heterocycles. The highest BCUT2D eigenvalue weighted by molar-refractivity contribution is 5.91. The van der Waals surface area contributed by atoms with Crippen LogP contribution in [0.25, 0.3) is 0 Å². The van der Waals surface area contributed by atoms with Crippen LogP contribution in [-0.4, -0.2) is 36.5 Å². The highest BCUT2D eigenvalue weighted by Gasteiger charge is 2.24. The summed E-state index contributed by atoms with van der Waals surface area (Å²) in [6.45, 7) is 7.38. The second-order valence-electron chi connectivity index (χ2n) is 4.93. The number of nitrogens with zero attached hydrogens (tertiary/aromatic N) is 1. The number of amides is 1. The maximum atomic E-state index is 11.7. The molecule has 1 saturated heterocycles. The Balaban J connectivity index is 1.75. The summed E-state index contributed by atoms with van der Waals surface area (Å²) >= 11 is 0. The molecule has 1 aromatic rings. The van der Waals surface area contributed by atoms with Crippen LogP contribution in [0.2, 0.25) is 0 Å². The largest absolute Gasteiger partial charge is 0.459 e. The summed E-state index contributed by atoms with van der Waals surface area (Å²) in [5, 5.41) is 2.93. The van der Waals surface area contributed by atoms with E-state index in [2.05, 4.69) is 24.1 Å². The van der Waals surface area contributed by atoms with E-state index in [4.69, 9.17) is 4.42 Å². The number of furan rings is 1. The minimum Gasteiger partial charge on any atom is -0.459 e. The number of nitrogens with one attached hydrogen (secondary N) is 1. The summed E-state index contributed by atoms with van der Waals surface area (Å²) in [4.78, 5) is 14.1. The minimum absolute atomic E-state index is 0.113. The molecule has 0 radical (unpaired) electrons. The van der Waals surface area contributed by atoms with Gasteiger partial charge in [-0.3, -0.25) is 4.79 Å². The molecule has 0 aliphatic carbocycles. The van der Waals surface area contributed by atoms with Crippen LogP contribution in [0.3, 0.4) is 0 Å². The summed E-state index contributed by atoms with van der Waals surface area (Å²) in [7, 11) is 0. The number of hydrogen-bond acceptors (Lipinski definition) is 3. The van der Waals surface area contributed by atoms with Crippen molar-refractivity contribution in [2.45, 2.75) is 26.3 Å². The van der Waals surface area contributed by atoms with E-state index in [-0.39, 0.29) is 5.91 Å². The second-order valence-corrected chi connectivity index (χ2v) is 4.93. The van der Waals surface area contributed by atoms with Crippen molar-refractivity contribution in [3.63, 3.8) is 0 Å². The first-order valence-corrected chi connectivity index (χ1v) is 6.22. The van der Waals surface area contributed by atoms with Gasteiger partial charge in [0, 0.05) is 19.1 Å². The van der Waals surface area contributed by atoms with Gasteiger partial charge < -0.3 is 14.6 Å². The van der Waals surface area contributed by atoms with Gasteiger partial charge in [-0.05, 0) is 44.9 Å². The van der Waals surface area contributed by atoms with Crippen LogP contribution in [0.4, 0.5) is 0 Å². The Morgan fingerprint density at radius 2 is 2.47 bits per heavy atom. The maximum Gasteiger partial charge on any atom is 0.286 e. The molecule has 17 heavy (non-hydrogen) atoms. The van der Waals surface area contributed by atoms with Gasteiger partial charge in [0.05, 0.1) is 6.26 Å². The second kappa shape index (κ2) is 5.36. The van der Waals surface area contributed by atoms with E-state index in [9.17, 15) is 4.79 Å². The van der Waals surface area contributed by atoms with Crippen LogP contribution in [0.1, 0.15) is 30.8 Å². The van der Waals surface area contributed by atoms with Gasteiger partial charge in [-0.2, -0.15) is 0 Å². The molecule has 1 aliphatic heterocycles. The van der Waals surface area contributed by atoms with Gasteiger partial charge in [-0.15, -0.1) is 0 Å². The summed E-state index contributed by atoms with van der Waals surface area (Å²) in [6.07, 6.45) is 2.68. The fourth-order valence-electron chi connectivity index (χ4n) is 2.23. The first-order chi connectivity index (χ1) is 8.16. The van der Waals surface area contributed by atoms with Gasteiger partial charge in [0.25, 0.3) is 5.91 Å². The third kappa shape index (κ3) is 3.09. The quantitative estimate of drug-likeness (QED) is 0.866. The van der Waals surface area contributed by atoms with E-state index < -0.39 is 0 Å². The smallest absolute Gasteiger partial charge is 0.286 e. The van der Waals surface area contributed by atoms with Crippen molar-refractivity contribution < 1.29 is 9.21 Å². The van der Waals surface area contributed by atoms with Crippen molar-refractivity contribution in [1.82, 2.24) is 10.2 Å². The number of rotatable bonds is 4. The molecule has 94 valence electrons. The van der Waals surface area contributed by atoms with Gasteiger partial charge in [0.2, 0.25) is 0 Å². The van der Waals surface area contributed by atoms with Crippen LogP contribution >= 0.6 is 0 Å². The van der Waals surface area contributed by atoms with Crippen molar-refractivity contribution in [1.29, 1.82) is 0 Å². The molecular formula is C13H20N2O2. The highest BCUT2D eigenvalue weighted by atomic mass is 16.3. The van der Waals surface area contributed by atoms with Crippen LogP contribution in [0.5, 0.6) is 0 Å². The molecule has 1 aliphatic rings. The molecule has 2 rings (SSSR count). The van der Waals surface area contributed by atoms with Crippen molar-refractivity contribution >= 4 is 5.91 Å². The topological polar surface area (TPSA) is 45.5 Å².